The molecule has 0 fully saturated rings. The Morgan fingerprint density at radius 3 is 2.65 bits per heavy atom. The molecule has 6 heteroatoms. The van der Waals surface area contributed by atoms with Gasteiger partial charge >= 0.3 is 5.97 Å². The number of nitrogens with one attached hydrogen (secondary N) is 1. The Morgan fingerprint density at radius 1 is 1.35 bits per heavy atom. The summed E-state index contributed by atoms with van der Waals surface area (Å²) in [6, 6.07) is -0.0344. The van der Waals surface area contributed by atoms with E-state index in [-0.39, 0.29) is 25.0 Å². The zero-order chi connectivity index (χ0) is 13.1. The first-order valence-electron chi connectivity index (χ1n) is 5.64. The third-order valence-electron chi connectivity index (χ3n) is 2.10. The van der Waals surface area contributed by atoms with Crippen LogP contribution in [0.2, 0.25) is 0 Å². The Hall–Kier alpha value is -1.14. The van der Waals surface area contributed by atoms with Crippen molar-refractivity contribution in [3.63, 3.8) is 0 Å². The van der Waals surface area contributed by atoms with Crippen LogP contribution >= 0.6 is 0 Å². The SMILES string of the molecule is COCCOCC(=O)NC(C)CCCC(=O)O. The first-order chi connectivity index (χ1) is 8.06. The van der Waals surface area contributed by atoms with Crippen LogP contribution in [0.15, 0.2) is 0 Å². The molecule has 0 heterocycles. The molecule has 0 spiro atoms. The van der Waals surface area contributed by atoms with E-state index < -0.39 is 5.97 Å². The number of carbonyl (C=O) groups is 2. The summed E-state index contributed by atoms with van der Waals surface area (Å²) in [7, 11) is 1.56. The second kappa shape index (κ2) is 10.0. The molecule has 1 amide bonds. The van der Waals surface area contributed by atoms with Gasteiger partial charge in [0.2, 0.25) is 5.91 Å². The summed E-state index contributed by atoms with van der Waals surface area (Å²) in [6.07, 6.45) is 1.34. The zero-order valence-corrected chi connectivity index (χ0v) is 10.4. The van der Waals surface area contributed by atoms with E-state index in [4.69, 9.17) is 14.6 Å². The monoisotopic (exact) mass is 247 g/mol. The van der Waals surface area contributed by atoms with Gasteiger partial charge < -0.3 is 19.9 Å². The maximum atomic E-state index is 11.3. The Bertz CT molecular complexity index is 232. The van der Waals surface area contributed by atoms with Crippen molar-refractivity contribution in [3.05, 3.63) is 0 Å². The number of methoxy groups -OCH3 is 1. The highest BCUT2D eigenvalue weighted by Gasteiger charge is 2.08. The number of aliphatic carboxylic acids is 1. The van der Waals surface area contributed by atoms with Gasteiger partial charge in [-0.2, -0.15) is 0 Å². The fourth-order valence-electron chi connectivity index (χ4n) is 1.26. The lowest BCUT2D eigenvalue weighted by Gasteiger charge is -2.13. The molecule has 0 saturated heterocycles. The number of hydrogen-bond acceptors (Lipinski definition) is 4. The molecule has 6 nitrogen and oxygen atoms in total. The van der Waals surface area contributed by atoms with Gasteiger partial charge in [-0.1, -0.05) is 0 Å². The lowest BCUT2D eigenvalue weighted by atomic mass is 10.1. The van der Waals surface area contributed by atoms with Crippen LogP contribution in [0, 0.1) is 0 Å². The molecule has 0 aromatic heterocycles. The van der Waals surface area contributed by atoms with E-state index >= 15 is 0 Å². The van der Waals surface area contributed by atoms with Crippen molar-refractivity contribution >= 4 is 11.9 Å². The second-order valence-corrected chi connectivity index (χ2v) is 3.80. The van der Waals surface area contributed by atoms with Crippen molar-refractivity contribution in [1.29, 1.82) is 0 Å². The predicted molar refractivity (Wildman–Crippen MR) is 61.8 cm³/mol. The van der Waals surface area contributed by atoms with Gasteiger partial charge in [-0.3, -0.25) is 9.59 Å². The van der Waals surface area contributed by atoms with E-state index in [0.717, 1.165) is 0 Å². The molecule has 0 radical (unpaired) electrons. The summed E-state index contributed by atoms with van der Waals surface area (Å²) < 4.78 is 9.82. The molecule has 0 aromatic carbocycles. The zero-order valence-electron chi connectivity index (χ0n) is 10.4. The second-order valence-electron chi connectivity index (χ2n) is 3.80. The molecule has 0 aliphatic carbocycles. The van der Waals surface area contributed by atoms with E-state index in [2.05, 4.69) is 5.32 Å². The number of rotatable bonds is 10. The largest absolute Gasteiger partial charge is 0.481 e. The first-order valence-corrected chi connectivity index (χ1v) is 5.64. The molecule has 0 aromatic rings. The van der Waals surface area contributed by atoms with Crippen LogP contribution in [0.1, 0.15) is 26.2 Å². The molecular weight excluding hydrogens is 226 g/mol. The van der Waals surface area contributed by atoms with E-state index in [1.165, 1.54) is 0 Å². The van der Waals surface area contributed by atoms with Gasteiger partial charge in [0.25, 0.3) is 0 Å². The minimum absolute atomic E-state index is 0.00658. The number of carboxylic acid groups (broad SMARTS) is 1. The molecule has 1 unspecified atom stereocenters. The highest BCUT2D eigenvalue weighted by molar-refractivity contribution is 5.77. The lowest BCUT2D eigenvalue weighted by Crippen LogP contribution is -2.35. The topological polar surface area (TPSA) is 84.9 Å². The molecule has 17 heavy (non-hydrogen) atoms. The van der Waals surface area contributed by atoms with E-state index in [1.54, 1.807) is 7.11 Å². The van der Waals surface area contributed by atoms with Crippen molar-refractivity contribution in [2.24, 2.45) is 0 Å². The van der Waals surface area contributed by atoms with E-state index in [1.807, 2.05) is 6.92 Å². The summed E-state index contributed by atoms with van der Waals surface area (Å²) in [6.45, 7) is 2.69. The van der Waals surface area contributed by atoms with Crippen LogP contribution < -0.4 is 5.32 Å². The minimum atomic E-state index is -0.813. The number of carbonyl (C=O) groups excluding carboxylic acids is 1. The smallest absolute Gasteiger partial charge is 0.303 e. The Morgan fingerprint density at radius 2 is 2.06 bits per heavy atom. The fourth-order valence-corrected chi connectivity index (χ4v) is 1.26. The van der Waals surface area contributed by atoms with Crippen LogP contribution in [0.25, 0.3) is 0 Å². The van der Waals surface area contributed by atoms with Crippen LogP contribution in [-0.4, -0.2) is 50.0 Å². The molecule has 0 saturated carbocycles. The highest BCUT2D eigenvalue weighted by atomic mass is 16.5. The van der Waals surface area contributed by atoms with Gasteiger partial charge in [0, 0.05) is 19.6 Å². The summed E-state index contributed by atoms with van der Waals surface area (Å²) in [5, 5.41) is 11.2. The quantitative estimate of drug-likeness (QED) is 0.546. The lowest BCUT2D eigenvalue weighted by molar-refractivity contribution is -0.137. The summed E-state index contributed by atoms with van der Waals surface area (Å²) in [5.41, 5.74) is 0. The summed E-state index contributed by atoms with van der Waals surface area (Å²) >= 11 is 0. The molecule has 0 aliphatic heterocycles. The number of hydrogen-bond donors (Lipinski definition) is 2. The third-order valence-corrected chi connectivity index (χ3v) is 2.10. The van der Waals surface area contributed by atoms with Crippen molar-refractivity contribution in [1.82, 2.24) is 5.32 Å². The minimum Gasteiger partial charge on any atom is -0.481 e. The van der Waals surface area contributed by atoms with Crippen molar-refractivity contribution < 1.29 is 24.2 Å². The number of ether oxygens (including phenoxy) is 2. The van der Waals surface area contributed by atoms with Crippen LogP contribution in [0.5, 0.6) is 0 Å². The molecule has 0 aliphatic rings. The van der Waals surface area contributed by atoms with E-state index in [9.17, 15) is 9.59 Å². The molecule has 1 atom stereocenters. The normalized spacial score (nSPS) is 12.1. The molecular formula is C11H21NO5. The number of amides is 1. The van der Waals surface area contributed by atoms with Gasteiger partial charge in [0.15, 0.2) is 0 Å². The van der Waals surface area contributed by atoms with Gasteiger partial charge in [-0.05, 0) is 19.8 Å². The Balaban J connectivity index is 3.48. The van der Waals surface area contributed by atoms with Gasteiger partial charge in [0.05, 0.1) is 13.2 Å². The third kappa shape index (κ3) is 11.1. The molecule has 2 N–H and O–H groups in total. The average molecular weight is 247 g/mol. The van der Waals surface area contributed by atoms with Gasteiger partial charge in [-0.15, -0.1) is 0 Å². The molecule has 0 rings (SSSR count). The number of carboxylic acids is 1. The van der Waals surface area contributed by atoms with Gasteiger partial charge in [0.1, 0.15) is 6.61 Å². The first kappa shape index (κ1) is 15.9. The highest BCUT2D eigenvalue weighted by Crippen LogP contribution is 2.00. The van der Waals surface area contributed by atoms with E-state index in [0.29, 0.717) is 26.1 Å². The average Bonchev–Trinajstić information content (AvgIpc) is 2.23. The van der Waals surface area contributed by atoms with Crippen LogP contribution in [-0.2, 0) is 19.1 Å². The Labute approximate surface area is 101 Å². The van der Waals surface area contributed by atoms with Crippen LogP contribution in [0.4, 0.5) is 0 Å². The van der Waals surface area contributed by atoms with Crippen molar-refractivity contribution in [3.8, 4) is 0 Å². The molecule has 100 valence electrons. The Kier molecular flexibility index (Phi) is 9.37. The predicted octanol–water partition coefficient (Wildman–Crippen LogP) is 0.409. The summed E-state index contributed by atoms with van der Waals surface area (Å²) in [4.78, 5) is 21.6. The standard InChI is InChI=1S/C11H21NO5/c1-9(4-3-5-11(14)15)12-10(13)8-17-7-6-16-2/h9H,3-8H2,1-2H3,(H,12,13)(H,14,15). The maximum absolute atomic E-state index is 11.3. The maximum Gasteiger partial charge on any atom is 0.303 e. The van der Waals surface area contributed by atoms with Crippen molar-refractivity contribution in [2.45, 2.75) is 32.2 Å². The molecule has 0 bridgehead atoms. The van der Waals surface area contributed by atoms with Crippen molar-refractivity contribution in [2.75, 3.05) is 26.9 Å². The fraction of sp³-hybridized carbons (Fsp3) is 0.818. The summed E-state index contributed by atoms with van der Waals surface area (Å²) in [5.74, 6) is -1.00. The van der Waals surface area contributed by atoms with Crippen LogP contribution in [0.3, 0.4) is 0 Å². The van der Waals surface area contributed by atoms with Gasteiger partial charge in [-0.25, -0.2) is 0 Å².